The summed E-state index contributed by atoms with van der Waals surface area (Å²) in [6.45, 7) is 3.82. The number of anilines is 3. The number of carbonyl (C=O) groups is 1. The summed E-state index contributed by atoms with van der Waals surface area (Å²) in [5.41, 5.74) is 14.1. The highest BCUT2D eigenvalue weighted by Crippen LogP contribution is 2.47. The number of rotatable bonds is 5. The van der Waals surface area contributed by atoms with Gasteiger partial charge in [-0.3, -0.25) is 4.79 Å². The molecule has 2 aliphatic rings. The fourth-order valence-corrected chi connectivity index (χ4v) is 4.71. The number of piperidine rings is 1. The molecular weight excluding hydrogens is 370 g/mol. The lowest BCUT2D eigenvalue weighted by atomic mass is 10.0. The van der Waals surface area contributed by atoms with Crippen LogP contribution in [0.4, 0.5) is 17.1 Å². The van der Waals surface area contributed by atoms with Gasteiger partial charge in [-0.1, -0.05) is 23.9 Å². The number of hydrogen-bond acceptors (Lipinski definition) is 7. The molecule has 0 saturated carbocycles. The molecule has 2 aromatic rings. The molecule has 4 rings (SSSR count). The fourth-order valence-electron chi connectivity index (χ4n) is 3.64. The van der Waals surface area contributed by atoms with Gasteiger partial charge in [0.1, 0.15) is 6.29 Å². The second-order valence-corrected chi connectivity index (χ2v) is 7.92. The summed E-state index contributed by atoms with van der Waals surface area (Å²) in [6, 6.07) is 12.6. The average molecular weight is 400 g/mol. The van der Waals surface area contributed by atoms with Crippen LogP contribution in [0, 0.1) is 0 Å². The molecule has 150 valence electrons. The van der Waals surface area contributed by atoms with Crippen molar-refractivity contribution in [3.05, 3.63) is 42.0 Å². The largest absolute Gasteiger partial charge is 0.380 e. The molecule has 0 atom stereocenters. The minimum atomic E-state index is 0.416. The minimum Gasteiger partial charge on any atom is -0.380 e. The van der Waals surface area contributed by atoms with Crippen molar-refractivity contribution in [3.8, 4) is 0 Å². The van der Waals surface area contributed by atoms with Crippen LogP contribution in [0.3, 0.4) is 0 Å². The summed E-state index contributed by atoms with van der Waals surface area (Å²) in [5.74, 6) is 0. The molecule has 2 aromatic carbocycles. The number of nitrogens with one attached hydrogen (secondary N) is 2. The first-order valence-electron chi connectivity index (χ1n) is 9.70. The maximum atomic E-state index is 11.4. The van der Waals surface area contributed by atoms with Crippen LogP contribution in [0.15, 0.2) is 46.2 Å². The Labute approximate surface area is 171 Å². The van der Waals surface area contributed by atoms with Crippen LogP contribution in [0.1, 0.15) is 23.2 Å². The Morgan fingerprint density at radius 1 is 1.21 bits per heavy atom. The van der Waals surface area contributed by atoms with Gasteiger partial charge in [0.05, 0.1) is 17.1 Å². The molecule has 0 amide bonds. The molecule has 0 bridgehead atoms. The molecule has 6 N–H and O–H groups in total. The Bertz CT molecular complexity index is 805. The summed E-state index contributed by atoms with van der Waals surface area (Å²) in [6.07, 6.45) is 3.10. The van der Waals surface area contributed by atoms with E-state index in [9.17, 15) is 4.79 Å². The van der Waals surface area contributed by atoms with Crippen LogP contribution < -0.4 is 22.1 Å². The average Bonchev–Trinajstić information content (AvgIpc) is 2.75. The minimum absolute atomic E-state index is 0.416. The van der Waals surface area contributed by atoms with Crippen molar-refractivity contribution < 1.29 is 4.79 Å². The zero-order valence-electron chi connectivity index (χ0n) is 16.3. The smallest absolute Gasteiger partial charge is 0.150 e. The number of likely N-dealkylation sites (tertiary alicyclic amines) is 1. The molecule has 1 saturated heterocycles. The van der Waals surface area contributed by atoms with Gasteiger partial charge >= 0.3 is 0 Å². The van der Waals surface area contributed by atoms with E-state index in [1.54, 1.807) is 11.8 Å². The van der Waals surface area contributed by atoms with E-state index in [2.05, 4.69) is 33.4 Å². The summed E-state index contributed by atoms with van der Waals surface area (Å²) in [5, 5.41) is 7.24. The zero-order valence-corrected chi connectivity index (χ0v) is 17.1. The molecule has 0 aromatic heterocycles. The lowest BCUT2D eigenvalue weighted by molar-refractivity contribution is 0.112. The van der Waals surface area contributed by atoms with Crippen molar-refractivity contribution in [2.45, 2.75) is 28.7 Å². The summed E-state index contributed by atoms with van der Waals surface area (Å²) < 4.78 is 0. The van der Waals surface area contributed by atoms with E-state index in [0.29, 0.717) is 18.2 Å². The predicted octanol–water partition coefficient (Wildman–Crippen LogP) is 3.12. The number of benzene rings is 2. The molecule has 0 spiro atoms. The SMILES string of the molecule is CN.NCCN1CCC(Nc2cc(C=O)cc3c2Nc2ccccc2S3)CC1. The van der Waals surface area contributed by atoms with E-state index in [1.165, 1.54) is 11.9 Å². The van der Waals surface area contributed by atoms with Gasteiger partial charge in [-0.2, -0.15) is 0 Å². The van der Waals surface area contributed by atoms with Crippen molar-refractivity contribution in [1.29, 1.82) is 0 Å². The van der Waals surface area contributed by atoms with Gasteiger partial charge in [-0.05, 0) is 44.2 Å². The predicted molar refractivity (Wildman–Crippen MR) is 118 cm³/mol. The van der Waals surface area contributed by atoms with Crippen LogP contribution in [0.25, 0.3) is 0 Å². The molecule has 0 unspecified atom stereocenters. The van der Waals surface area contributed by atoms with Gasteiger partial charge in [0.25, 0.3) is 0 Å². The molecule has 2 aliphatic heterocycles. The number of nitrogens with two attached hydrogens (primary N) is 2. The zero-order chi connectivity index (χ0) is 19.9. The first-order valence-corrected chi connectivity index (χ1v) is 10.5. The van der Waals surface area contributed by atoms with E-state index in [4.69, 9.17) is 5.73 Å². The Hall–Kier alpha value is -2.06. The highest BCUT2D eigenvalue weighted by atomic mass is 32.2. The van der Waals surface area contributed by atoms with Crippen LogP contribution in [0.2, 0.25) is 0 Å². The van der Waals surface area contributed by atoms with Gasteiger partial charge in [0, 0.05) is 47.6 Å². The van der Waals surface area contributed by atoms with E-state index in [1.807, 2.05) is 24.3 Å². The lowest BCUT2D eigenvalue weighted by Gasteiger charge is -2.33. The van der Waals surface area contributed by atoms with Crippen LogP contribution >= 0.6 is 11.8 Å². The molecule has 0 aliphatic carbocycles. The highest BCUT2D eigenvalue weighted by molar-refractivity contribution is 7.99. The van der Waals surface area contributed by atoms with Crippen molar-refractivity contribution in [2.24, 2.45) is 11.5 Å². The molecule has 6 nitrogen and oxygen atoms in total. The molecule has 2 heterocycles. The Kier molecular flexibility index (Phi) is 7.33. The quantitative estimate of drug-likeness (QED) is 0.490. The van der Waals surface area contributed by atoms with Crippen LogP contribution in [-0.4, -0.2) is 50.5 Å². The third kappa shape index (κ3) is 4.67. The molecule has 28 heavy (non-hydrogen) atoms. The van der Waals surface area contributed by atoms with E-state index in [0.717, 1.165) is 60.7 Å². The number of carbonyl (C=O) groups excluding carboxylic acids is 1. The summed E-state index contributed by atoms with van der Waals surface area (Å²) >= 11 is 1.71. The van der Waals surface area contributed by atoms with Crippen molar-refractivity contribution >= 4 is 35.1 Å². The highest BCUT2D eigenvalue weighted by Gasteiger charge is 2.23. The molecule has 7 heteroatoms. The summed E-state index contributed by atoms with van der Waals surface area (Å²) in [4.78, 5) is 16.1. The third-order valence-electron chi connectivity index (χ3n) is 5.02. The normalized spacial score (nSPS) is 16.1. The Morgan fingerprint density at radius 3 is 2.68 bits per heavy atom. The number of para-hydroxylation sites is 1. The van der Waals surface area contributed by atoms with Crippen molar-refractivity contribution in [2.75, 3.05) is 43.9 Å². The first-order chi connectivity index (χ1) is 13.8. The Balaban J connectivity index is 0.00000109. The van der Waals surface area contributed by atoms with E-state index in [-0.39, 0.29) is 0 Å². The third-order valence-corrected chi connectivity index (χ3v) is 6.14. The number of hydrogen-bond donors (Lipinski definition) is 4. The fraction of sp³-hybridized carbons (Fsp3) is 0.381. The standard InChI is InChI=1S/C20H24N4OS.CH5N/c21-7-10-24-8-5-15(6-9-24)22-17-11-14(13-25)12-19-20(17)23-16-3-1-2-4-18(16)26-19;1-2/h1-4,11-13,15,22-23H,5-10,21H2;2H2,1H3. The Morgan fingerprint density at radius 2 is 1.96 bits per heavy atom. The maximum Gasteiger partial charge on any atom is 0.150 e. The number of nitrogens with zero attached hydrogens (tertiary/aromatic N) is 1. The second kappa shape index (κ2) is 9.93. The van der Waals surface area contributed by atoms with E-state index < -0.39 is 0 Å². The molecular formula is C21H29N5OS. The van der Waals surface area contributed by atoms with Crippen molar-refractivity contribution in [1.82, 2.24) is 4.90 Å². The van der Waals surface area contributed by atoms with E-state index >= 15 is 0 Å². The van der Waals surface area contributed by atoms with Gasteiger partial charge in [0.2, 0.25) is 0 Å². The monoisotopic (exact) mass is 399 g/mol. The first kappa shape index (κ1) is 20.7. The van der Waals surface area contributed by atoms with Gasteiger partial charge < -0.3 is 27.0 Å². The molecule has 1 fully saturated rings. The number of fused-ring (bicyclic) bond motifs is 2. The molecule has 0 radical (unpaired) electrons. The lowest BCUT2D eigenvalue weighted by Crippen LogP contribution is -2.41. The topological polar surface area (TPSA) is 96.4 Å². The summed E-state index contributed by atoms with van der Waals surface area (Å²) in [7, 11) is 1.50. The van der Waals surface area contributed by atoms with Crippen LogP contribution in [-0.2, 0) is 0 Å². The maximum absolute atomic E-state index is 11.4. The van der Waals surface area contributed by atoms with Gasteiger partial charge in [-0.15, -0.1) is 0 Å². The van der Waals surface area contributed by atoms with Gasteiger partial charge in [0.15, 0.2) is 0 Å². The van der Waals surface area contributed by atoms with Crippen LogP contribution in [0.5, 0.6) is 0 Å². The second-order valence-electron chi connectivity index (χ2n) is 6.83. The number of aldehydes is 1. The van der Waals surface area contributed by atoms with Crippen molar-refractivity contribution in [3.63, 3.8) is 0 Å². The van der Waals surface area contributed by atoms with Gasteiger partial charge in [-0.25, -0.2) is 0 Å².